The summed E-state index contributed by atoms with van der Waals surface area (Å²) in [5.41, 5.74) is 2.26. The van der Waals surface area contributed by atoms with E-state index in [2.05, 4.69) is 9.97 Å². The van der Waals surface area contributed by atoms with Gasteiger partial charge in [-0.25, -0.2) is 4.98 Å². The number of ether oxygens (including phenoxy) is 2. The number of methoxy groups -OCH3 is 2. The Morgan fingerprint density at radius 1 is 1.00 bits per heavy atom. The minimum Gasteiger partial charge on any atom is -0.504 e. The number of hydrogen-bond donors (Lipinski definition) is 1. The summed E-state index contributed by atoms with van der Waals surface area (Å²) in [7, 11) is 3.08. The van der Waals surface area contributed by atoms with E-state index in [-0.39, 0.29) is 11.3 Å². The van der Waals surface area contributed by atoms with Crippen LogP contribution in [0.25, 0.3) is 28.7 Å². The summed E-state index contributed by atoms with van der Waals surface area (Å²) >= 11 is 0. The number of aromatic nitrogens is 3. The van der Waals surface area contributed by atoms with E-state index in [1.54, 1.807) is 55.9 Å². The molecule has 0 aliphatic heterocycles. The Morgan fingerprint density at radius 3 is 2.52 bits per heavy atom. The van der Waals surface area contributed by atoms with Gasteiger partial charge in [0.15, 0.2) is 11.5 Å². The highest BCUT2D eigenvalue weighted by molar-refractivity contribution is 5.80. The molecule has 0 unspecified atom stereocenters. The maximum Gasteiger partial charge on any atom is 0.266 e. The van der Waals surface area contributed by atoms with Crippen molar-refractivity contribution in [3.8, 4) is 22.9 Å². The Labute approximate surface area is 178 Å². The van der Waals surface area contributed by atoms with Crippen LogP contribution < -0.4 is 15.0 Å². The molecule has 2 aromatic heterocycles. The van der Waals surface area contributed by atoms with Gasteiger partial charge in [-0.15, -0.1) is 0 Å². The summed E-state index contributed by atoms with van der Waals surface area (Å²) in [5.74, 6) is 1.43. The van der Waals surface area contributed by atoms with Crippen LogP contribution in [0.3, 0.4) is 0 Å². The van der Waals surface area contributed by atoms with Crippen LogP contribution in [-0.4, -0.2) is 33.9 Å². The normalized spacial score (nSPS) is 11.2. The van der Waals surface area contributed by atoms with Crippen molar-refractivity contribution in [3.05, 3.63) is 82.2 Å². The lowest BCUT2D eigenvalue weighted by Gasteiger charge is -2.15. The summed E-state index contributed by atoms with van der Waals surface area (Å²) in [6.07, 6.45) is 6.49. The van der Waals surface area contributed by atoms with Gasteiger partial charge in [-0.2, -0.15) is 0 Å². The molecule has 4 aromatic rings. The number of nitrogens with zero attached hydrogens (tertiary/aromatic N) is 3. The molecule has 2 heterocycles. The molecule has 0 radical (unpaired) electrons. The molecule has 4 rings (SSSR count). The Balaban J connectivity index is 1.97. The molecule has 0 fully saturated rings. The SMILES string of the molecule is COc1cccc(-n2c(C=Cc3cccc(OC)c3O)nc3cnccc3c2=O)c1C. The van der Waals surface area contributed by atoms with Gasteiger partial charge in [-0.05, 0) is 43.3 Å². The number of rotatable bonds is 5. The van der Waals surface area contributed by atoms with Crippen LogP contribution in [-0.2, 0) is 0 Å². The fourth-order valence-corrected chi connectivity index (χ4v) is 3.47. The lowest BCUT2D eigenvalue weighted by molar-refractivity contribution is 0.373. The number of para-hydroxylation sites is 1. The maximum absolute atomic E-state index is 13.4. The standard InChI is InChI=1S/C24H21N3O4/c1-15-19(7-5-8-20(15)30-2)27-22(26-18-14-25-13-12-17(18)24(27)29)11-10-16-6-4-9-21(31-3)23(16)28/h4-14,28H,1-3H3. The second-order valence-electron chi connectivity index (χ2n) is 6.84. The first-order valence-electron chi connectivity index (χ1n) is 9.60. The van der Waals surface area contributed by atoms with E-state index in [1.165, 1.54) is 11.7 Å². The van der Waals surface area contributed by atoms with E-state index in [1.807, 2.05) is 25.1 Å². The van der Waals surface area contributed by atoms with Gasteiger partial charge in [0.05, 0.1) is 37.0 Å². The summed E-state index contributed by atoms with van der Waals surface area (Å²) in [5, 5.41) is 10.9. The molecule has 7 nitrogen and oxygen atoms in total. The zero-order valence-corrected chi connectivity index (χ0v) is 17.4. The van der Waals surface area contributed by atoms with E-state index >= 15 is 0 Å². The largest absolute Gasteiger partial charge is 0.504 e. The van der Waals surface area contributed by atoms with Crippen molar-refractivity contribution in [2.24, 2.45) is 0 Å². The fourth-order valence-electron chi connectivity index (χ4n) is 3.47. The van der Waals surface area contributed by atoms with Crippen molar-refractivity contribution in [1.82, 2.24) is 14.5 Å². The molecule has 0 aliphatic rings. The molecule has 0 atom stereocenters. The van der Waals surface area contributed by atoms with Crippen molar-refractivity contribution in [2.45, 2.75) is 6.92 Å². The average Bonchev–Trinajstić information content (AvgIpc) is 2.79. The molecule has 156 valence electrons. The van der Waals surface area contributed by atoms with Crippen molar-refractivity contribution in [1.29, 1.82) is 0 Å². The van der Waals surface area contributed by atoms with E-state index in [9.17, 15) is 9.90 Å². The molecule has 1 N–H and O–H groups in total. The summed E-state index contributed by atoms with van der Waals surface area (Å²) in [4.78, 5) is 22.2. The van der Waals surface area contributed by atoms with Gasteiger partial charge in [-0.1, -0.05) is 18.2 Å². The van der Waals surface area contributed by atoms with Crippen LogP contribution in [0.2, 0.25) is 0 Å². The Kier molecular flexibility index (Phi) is 5.41. The van der Waals surface area contributed by atoms with Crippen LogP contribution in [0.1, 0.15) is 17.0 Å². The predicted octanol–water partition coefficient (Wildman–Crippen LogP) is 3.98. The summed E-state index contributed by atoms with van der Waals surface area (Å²) < 4.78 is 12.1. The van der Waals surface area contributed by atoms with Crippen molar-refractivity contribution < 1.29 is 14.6 Å². The Hall–Kier alpha value is -4.13. The number of fused-ring (bicyclic) bond motifs is 1. The maximum atomic E-state index is 13.4. The van der Waals surface area contributed by atoms with Crippen LogP contribution in [0, 0.1) is 6.92 Å². The van der Waals surface area contributed by atoms with Gasteiger partial charge < -0.3 is 14.6 Å². The Morgan fingerprint density at radius 2 is 1.74 bits per heavy atom. The number of phenols is 1. The van der Waals surface area contributed by atoms with E-state index < -0.39 is 0 Å². The second-order valence-corrected chi connectivity index (χ2v) is 6.84. The highest BCUT2D eigenvalue weighted by Gasteiger charge is 2.15. The number of phenolic OH excluding ortho intramolecular Hbond substituents is 1. The smallest absolute Gasteiger partial charge is 0.266 e. The molecule has 0 saturated carbocycles. The Bertz CT molecular complexity index is 1360. The topological polar surface area (TPSA) is 86.5 Å². The minimum atomic E-state index is -0.224. The summed E-state index contributed by atoms with van der Waals surface area (Å²) in [6, 6.07) is 12.3. The van der Waals surface area contributed by atoms with Crippen LogP contribution >= 0.6 is 0 Å². The van der Waals surface area contributed by atoms with Crippen molar-refractivity contribution in [3.63, 3.8) is 0 Å². The quantitative estimate of drug-likeness (QED) is 0.531. The number of pyridine rings is 1. The van der Waals surface area contributed by atoms with Crippen molar-refractivity contribution >= 4 is 23.1 Å². The lowest BCUT2D eigenvalue weighted by Crippen LogP contribution is -2.23. The molecule has 0 saturated heterocycles. The fraction of sp³-hybridized carbons (Fsp3) is 0.125. The van der Waals surface area contributed by atoms with Crippen LogP contribution in [0.15, 0.2) is 59.7 Å². The molecule has 0 spiro atoms. The highest BCUT2D eigenvalue weighted by atomic mass is 16.5. The third-order valence-corrected chi connectivity index (χ3v) is 5.08. The molecule has 0 amide bonds. The third-order valence-electron chi connectivity index (χ3n) is 5.08. The molecule has 31 heavy (non-hydrogen) atoms. The molecule has 2 aromatic carbocycles. The van der Waals surface area contributed by atoms with Gasteiger partial charge in [0.25, 0.3) is 5.56 Å². The minimum absolute atomic E-state index is 0.00941. The molecule has 0 bridgehead atoms. The predicted molar refractivity (Wildman–Crippen MR) is 120 cm³/mol. The van der Waals surface area contributed by atoms with E-state index in [4.69, 9.17) is 9.47 Å². The zero-order chi connectivity index (χ0) is 22.0. The van der Waals surface area contributed by atoms with Crippen molar-refractivity contribution in [2.75, 3.05) is 14.2 Å². The first kappa shape index (κ1) is 20.2. The lowest BCUT2D eigenvalue weighted by atomic mass is 10.1. The molecular weight excluding hydrogens is 394 g/mol. The van der Waals surface area contributed by atoms with Crippen LogP contribution in [0.5, 0.6) is 17.2 Å². The zero-order valence-electron chi connectivity index (χ0n) is 17.4. The first-order valence-corrected chi connectivity index (χ1v) is 9.60. The van der Waals surface area contributed by atoms with E-state index in [0.717, 1.165) is 5.56 Å². The van der Waals surface area contributed by atoms with Gasteiger partial charge in [0, 0.05) is 17.3 Å². The monoisotopic (exact) mass is 415 g/mol. The number of benzene rings is 2. The van der Waals surface area contributed by atoms with Gasteiger partial charge in [0.1, 0.15) is 11.6 Å². The molecular formula is C24H21N3O4. The first-order chi connectivity index (χ1) is 15.0. The van der Waals surface area contributed by atoms with Crippen LogP contribution in [0.4, 0.5) is 0 Å². The number of hydrogen-bond acceptors (Lipinski definition) is 6. The van der Waals surface area contributed by atoms with Gasteiger partial charge in [-0.3, -0.25) is 14.3 Å². The summed E-state index contributed by atoms with van der Waals surface area (Å²) in [6.45, 7) is 1.89. The molecule has 7 heteroatoms. The van der Waals surface area contributed by atoms with Gasteiger partial charge in [0.2, 0.25) is 0 Å². The third kappa shape index (κ3) is 3.61. The highest BCUT2D eigenvalue weighted by Crippen LogP contribution is 2.31. The van der Waals surface area contributed by atoms with E-state index in [0.29, 0.717) is 39.5 Å². The molecule has 0 aliphatic carbocycles. The van der Waals surface area contributed by atoms with Gasteiger partial charge >= 0.3 is 0 Å². The second kappa shape index (κ2) is 8.31. The average molecular weight is 415 g/mol. The number of aromatic hydroxyl groups is 1.